The van der Waals surface area contributed by atoms with Gasteiger partial charge in [-0.2, -0.15) is 0 Å². The first kappa shape index (κ1) is 8.55. The molecule has 0 amide bonds. The van der Waals surface area contributed by atoms with Gasteiger partial charge in [0.25, 0.3) is 0 Å². The fourth-order valence-electron chi connectivity index (χ4n) is 1.53. The summed E-state index contributed by atoms with van der Waals surface area (Å²) in [4.78, 5) is 14.8. The van der Waals surface area contributed by atoms with Gasteiger partial charge >= 0.3 is 5.97 Å². The molecule has 2 aromatic rings. The first-order valence-electron chi connectivity index (χ1n) is 4.04. The van der Waals surface area contributed by atoms with Crippen LogP contribution in [0.2, 0.25) is 0 Å². The summed E-state index contributed by atoms with van der Waals surface area (Å²) in [6, 6.07) is 1.73. The minimum Gasteiger partial charge on any atom is -0.478 e. The van der Waals surface area contributed by atoms with Crippen LogP contribution in [-0.2, 0) is 7.05 Å². The van der Waals surface area contributed by atoms with Gasteiger partial charge in [-0.3, -0.25) is 4.98 Å². The zero-order valence-electron chi connectivity index (χ0n) is 7.56. The van der Waals surface area contributed by atoms with Crippen LogP contribution in [0.15, 0.2) is 18.5 Å². The highest BCUT2D eigenvalue weighted by atomic mass is 16.4. The van der Waals surface area contributed by atoms with Crippen LogP contribution in [0.4, 0.5) is 5.82 Å². The zero-order chi connectivity index (χ0) is 10.3. The largest absolute Gasteiger partial charge is 0.478 e. The Morgan fingerprint density at radius 1 is 1.64 bits per heavy atom. The van der Waals surface area contributed by atoms with Gasteiger partial charge < -0.3 is 15.4 Å². The second-order valence-corrected chi connectivity index (χ2v) is 3.02. The van der Waals surface area contributed by atoms with Crippen molar-refractivity contribution in [3.05, 3.63) is 24.0 Å². The smallest absolute Gasteiger partial charge is 0.340 e. The lowest BCUT2D eigenvalue weighted by molar-refractivity contribution is 0.0700. The molecular formula is C9H9N3O2. The Labute approximate surface area is 79.8 Å². The molecule has 0 saturated carbocycles. The van der Waals surface area contributed by atoms with Gasteiger partial charge in [-0.1, -0.05) is 0 Å². The van der Waals surface area contributed by atoms with Gasteiger partial charge in [0.1, 0.15) is 11.4 Å². The van der Waals surface area contributed by atoms with Crippen LogP contribution in [-0.4, -0.2) is 20.6 Å². The summed E-state index contributed by atoms with van der Waals surface area (Å²) in [6.45, 7) is 0. The van der Waals surface area contributed by atoms with Crippen molar-refractivity contribution < 1.29 is 9.90 Å². The van der Waals surface area contributed by atoms with E-state index in [1.807, 2.05) is 0 Å². The number of rotatable bonds is 1. The number of hydrogen-bond donors (Lipinski definition) is 2. The highest BCUT2D eigenvalue weighted by Gasteiger charge is 2.17. The third kappa shape index (κ3) is 0.953. The summed E-state index contributed by atoms with van der Waals surface area (Å²) in [5.74, 6) is -0.776. The summed E-state index contributed by atoms with van der Waals surface area (Å²) in [5.41, 5.74) is 6.56. The van der Waals surface area contributed by atoms with Gasteiger partial charge in [0.2, 0.25) is 0 Å². The number of aryl methyl sites for hydroxylation is 1. The molecule has 0 saturated heterocycles. The number of hydrogen-bond acceptors (Lipinski definition) is 3. The highest BCUT2D eigenvalue weighted by Crippen LogP contribution is 2.25. The maximum absolute atomic E-state index is 10.9. The van der Waals surface area contributed by atoms with E-state index in [4.69, 9.17) is 10.8 Å². The minimum absolute atomic E-state index is 0.121. The number of aromatic nitrogens is 2. The fraction of sp³-hybridized carbons (Fsp3) is 0.111. The molecule has 0 unspecified atom stereocenters. The normalized spacial score (nSPS) is 10.6. The van der Waals surface area contributed by atoms with Crippen LogP contribution in [0.25, 0.3) is 10.9 Å². The molecule has 0 fully saturated rings. The van der Waals surface area contributed by atoms with Crippen molar-refractivity contribution in [2.45, 2.75) is 0 Å². The second kappa shape index (κ2) is 2.73. The van der Waals surface area contributed by atoms with Crippen molar-refractivity contribution in [3.8, 4) is 0 Å². The first-order chi connectivity index (χ1) is 6.63. The average molecular weight is 191 g/mol. The quantitative estimate of drug-likeness (QED) is 0.700. The molecule has 0 bridgehead atoms. The molecule has 2 aromatic heterocycles. The Hall–Kier alpha value is -2.04. The highest BCUT2D eigenvalue weighted by molar-refractivity contribution is 6.08. The molecule has 2 heterocycles. The predicted molar refractivity (Wildman–Crippen MR) is 52.1 cm³/mol. The minimum atomic E-state index is -1.03. The molecule has 72 valence electrons. The van der Waals surface area contributed by atoms with E-state index in [1.54, 1.807) is 23.9 Å². The molecule has 0 aliphatic heterocycles. The average Bonchev–Trinajstić information content (AvgIpc) is 2.41. The predicted octanol–water partition coefficient (Wildman–Crippen LogP) is 0.854. The molecule has 5 nitrogen and oxygen atoms in total. The van der Waals surface area contributed by atoms with Crippen LogP contribution in [0.5, 0.6) is 0 Å². The van der Waals surface area contributed by atoms with E-state index in [0.717, 1.165) is 5.52 Å². The van der Waals surface area contributed by atoms with Crippen LogP contribution in [0.1, 0.15) is 10.4 Å². The number of fused-ring (bicyclic) bond motifs is 1. The number of nitrogens with two attached hydrogens (primary N) is 1. The number of nitrogens with zero attached hydrogens (tertiary/aromatic N) is 2. The van der Waals surface area contributed by atoms with E-state index < -0.39 is 5.97 Å². The summed E-state index contributed by atoms with van der Waals surface area (Å²) in [7, 11) is 1.73. The zero-order valence-corrected chi connectivity index (χ0v) is 7.56. The molecule has 2 rings (SSSR count). The van der Waals surface area contributed by atoms with Crippen molar-refractivity contribution in [1.82, 2.24) is 9.55 Å². The molecule has 0 aromatic carbocycles. The Bertz CT molecular complexity index is 516. The van der Waals surface area contributed by atoms with E-state index >= 15 is 0 Å². The van der Waals surface area contributed by atoms with Crippen LogP contribution >= 0.6 is 0 Å². The Kier molecular flexibility index (Phi) is 1.67. The van der Waals surface area contributed by atoms with Crippen molar-refractivity contribution in [2.24, 2.45) is 7.05 Å². The van der Waals surface area contributed by atoms with Crippen LogP contribution < -0.4 is 5.73 Å². The lowest BCUT2D eigenvalue weighted by atomic mass is 10.2. The van der Waals surface area contributed by atoms with Crippen molar-refractivity contribution in [1.29, 1.82) is 0 Å². The summed E-state index contributed by atoms with van der Waals surface area (Å²) >= 11 is 0. The standard InChI is InChI=1S/C9H9N3O2/c1-12-6-2-3-11-4-5(6)7(8(12)10)9(13)14/h2-4H,10H2,1H3,(H,13,14). The van der Waals surface area contributed by atoms with E-state index in [9.17, 15) is 4.79 Å². The summed E-state index contributed by atoms with van der Waals surface area (Å²) < 4.78 is 1.64. The first-order valence-corrected chi connectivity index (χ1v) is 4.04. The monoisotopic (exact) mass is 191 g/mol. The second-order valence-electron chi connectivity index (χ2n) is 3.02. The van der Waals surface area contributed by atoms with E-state index in [2.05, 4.69) is 4.98 Å². The maximum atomic E-state index is 10.9. The van der Waals surface area contributed by atoms with Gasteiger partial charge in [0, 0.05) is 24.8 Å². The van der Waals surface area contributed by atoms with Gasteiger partial charge in [-0.25, -0.2) is 4.79 Å². The van der Waals surface area contributed by atoms with Crippen molar-refractivity contribution in [3.63, 3.8) is 0 Å². The number of pyridine rings is 1. The number of carboxylic acid groups (broad SMARTS) is 1. The SMILES string of the molecule is Cn1c(N)c(C(=O)O)c2cnccc21. The number of aromatic carboxylic acids is 1. The fourth-order valence-corrected chi connectivity index (χ4v) is 1.53. The molecule has 5 heteroatoms. The third-order valence-corrected chi connectivity index (χ3v) is 2.26. The topological polar surface area (TPSA) is 81.1 Å². The summed E-state index contributed by atoms with van der Waals surface area (Å²) in [5, 5.41) is 9.53. The lowest BCUT2D eigenvalue weighted by Gasteiger charge is -1.96. The van der Waals surface area contributed by atoms with Gasteiger partial charge in [-0.15, -0.1) is 0 Å². The molecule has 0 aliphatic carbocycles. The summed E-state index contributed by atoms with van der Waals surface area (Å²) in [6.07, 6.45) is 3.11. The van der Waals surface area contributed by atoms with E-state index in [0.29, 0.717) is 5.39 Å². The van der Waals surface area contributed by atoms with E-state index in [1.165, 1.54) is 6.20 Å². The van der Waals surface area contributed by atoms with Gasteiger partial charge in [-0.05, 0) is 6.07 Å². The molecule has 0 spiro atoms. The molecule has 0 radical (unpaired) electrons. The number of anilines is 1. The van der Waals surface area contributed by atoms with Gasteiger partial charge in [0.15, 0.2) is 0 Å². The van der Waals surface area contributed by atoms with E-state index in [-0.39, 0.29) is 11.4 Å². The van der Waals surface area contributed by atoms with Crippen LogP contribution in [0, 0.1) is 0 Å². The molecular weight excluding hydrogens is 182 g/mol. The molecule has 0 atom stereocenters. The molecule has 14 heavy (non-hydrogen) atoms. The Balaban J connectivity index is 2.95. The number of carbonyl (C=O) groups is 1. The lowest BCUT2D eigenvalue weighted by Crippen LogP contribution is -2.03. The Morgan fingerprint density at radius 2 is 2.36 bits per heavy atom. The number of nitrogen functional groups attached to an aromatic ring is 1. The molecule has 3 N–H and O–H groups in total. The third-order valence-electron chi connectivity index (χ3n) is 2.26. The van der Waals surface area contributed by atoms with Crippen molar-refractivity contribution in [2.75, 3.05) is 5.73 Å². The molecule has 0 aliphatic rings. The van der Waals surface area contributed by atoms with Crippen LogP contribution in [0.3, 0.4) is 0 Å². The Morgan fingerprint density at radius 3 is 3.00 bits per heavy atom. The van der Waals surface area contributed by atoms with Crippen molar-refractivity contribution >= 4 is 22.7 Å². The number of carboxylic acids is 1. The maximum Gasteiger partial charge on any atom is 0.340 e. The van der Waals surface area contributed by atoms with Gasteiger partial charge in [0.05, 0.1) is 5.52 Å².